The molecular formula is C32H32N4O4. The number of methoxy groups -OCH3 is 1. The number of ketones is 1. The maximum Gasteiger partial charge on any atom is 0.337 e. The predicted molar refractivity (Wildman–Crippen MR) is 151 cm³/mol. The van der Waals surface area contributed by atoms with E-state index in [2.05, 4.69) is 15.4 Å². The minimum atomic E-state index is -1.03. The van der Waals surface area contributed by atoms with Gasteiger partial charge in [-0.1, -0.05) is 30.3 Å². The van der Waals surface area contributed by atoms with Crippen LogP contribution < -0.4 is 10.1 Å². The van der Waals surface area contributed by atoms with Crippen molar-refractivity contribution >= 4 is 22.7 Å². The highest BCUT2D eigenvalue weighted by Crippen LogP contribution is 2.51. The van der Waals surface area contributed by atoms with E-state index in [0.717, 1.165) is 39.2 Å². The van der Waals surface area contributed by atoms with Gasteiger partial charge in [-0.05, 0) is 55.7 Å². The number of rotatable bonds is 6. The van der Waals surface area contributed by atoms with Gasteiger partial charge in [0.2, 0.25) is 0 Å². The summed E-state index contributed by atoms with van der Waals surface area (Å²) >= 11 is 0. The van der Waals surface area contributed by atoms with Gasteiger partial charge in [0.15, 0.2) is 5.78 Å². The third-order valence-corrected chi connectivity index (χ3v) is 8.37. The Balaban J connectivity index is 1.48. The van der Waals surface area contributed by atoms with Crippen LogP contribution in [0.25, 0.3) is 10.9 Å². The van der Waals surface area contributed by atoms with E-state index in [9.17, 15) is 9.59 Å². The lowest BCUT2D eigenvalue weighted by Gasteiger charge is -2.43. The van der Waals surface area contributed by atoms with Crippen molar-refractivity contribution in [3.63, 3.8) is 0 Å². The van der Waals surface area contributed by atoms with Crippen molar-refractivity contribution in [2.45, 2.75) is 44.6 Å². The summed E-state index contributed by atoms with van der Waals surface area (Å²) in [5, 5.41) is 8.59. The van der Waals surface area contributed by atoms with Gasteiger partial charge in [0.1, 0.15) is 12.4 Å². The van der Waals surface area contributed by atoms with Gasteiger partial charge < -0.3 is 19.8 Å². The molecule has 204 valence electrons. The smallest absolute Gasteiger partial charge is 0.337 e. The maximum atomic E-state index is 14.2. The molecule has 0 amide bonds. The van der Waals surface area contributed by atoms with Gasteiger partial charge in [-0.3, -0.25) is 9.48 Å². The Morgan fingerprint density at radius 2 is 1.95 bits per heavy atom. The van der Waals surface area contributed by atoms with Crippen molar-refractivity contribution in [3.8, 4) is 5.75 Å². The van der Waals surface area contributed by atoms with Gasteiger partial charge in [0, 0.05) is 59.7 Å². The third kappa shape index (κ3) is 4.02. The molecule has 0 saturated carbocycles. The average molecular weight is 537 g/mol. The van der Waals surface area contributed by atoms with Gasteiger partial charge in [-0.15, -0.1) is 0 Å². The Kier molecular flexibility index (Phi) is 6.33. The number of esters is 1. The van der Waals surface area contributed by atoms with Crippen molar-refractivity contribution in [1.29, 1.82) is 0 Å². The number of H-pyrrole nitrogens is 1. The highest BCUT2D eigenvalue weighted by Gasteiger charge is 2.50. The molecule has 40 heavy (non-hydrogen) atoms. The molecule has 0 saturated heterocycles. The zero-order valence-electron chi connectivity index (χ0n) is 23.1. The van der Waals surface area contributed by atoms with Gasteiger partial charge in [-0.25, -0.2) is 4.79 Å². The number of aromatic amines is 1. The molecule has 0 spiro atoms. The quantitative estimate of drug-likeness (QED) is 0.329. The number of benzene rings is 2. The summed E-state index contributed by atoms with van der Waals surface area (Å²) in [5.74, 6) is 0.261. The van der Waals surface area contributed by atoms with Crippen LogP contribution in [0.5, 0.6) is 5.75 Å². The van der Waals surface area contributed by atoms with Crippen LogP contribution in [0, 0.1) is 0 Å². The fourth-order valence-electron chi connectivity index (χ4n) is 6.52. The average Bonchev–Trinajstić information content (AvgIpc) is 3.59. The fraction of sp³-hybridized carbons (Fsp3) is 0.281. The van der Waals surface area contributed by atoms with E-state index in [1.54, 1.807) is 18.0 Å². The first kappa shape index (κ1) is 25.7. The van der Waals surface area contributed by atoms with Crippen LogP contribution in [0.4, 0.5) is 0 Å². The molecule has 6 rings (SSSR count). The molecule has 8 nitrogen and oxygen atoms in total. The van der Waals surface area contributed by atoms with E-state index in [-0.39, 0.29) is 18.3 Å². The van der Waals surface area contributed by atoms with E-state index < -0.39 is 11.4 Å². The second-order valence-corrected chi connectivity index (χ2v) is 10.6. The van der Waals surface area contributed by atoms with Crippen molar-refractivity contribution in [2.24, 2.45) is 7.05 Å². The Bertz CT molecular complexity index is 1710. The molecule has 0 bridgehead atoms. The number of hydrogen-bond acceptors (Lipinski definition) is 6. The van der Waals surface area contributed by atoms with Crippen LogP contribution in [-0.2, 0) is 33.4 Å². The highest BCUT2D eigenvalue weighted by molar-refractivity contribution is 6.07. The second kappa shape index (κ2) is 9.86. The number of Topliss-reactive ketones (excluding diaryl/α,β-unsaturated/α-hetero) is 1. The SMILES string of the molecule is COc1ccccc1[C@H]1CC(=O)C2=C(C1)NC(C)=C(C(=O)OCc1ccnn1C)C2(C)c1cccc2[nH]ccc12. The number of carbonyl (C=O) groups excluding carboxylic acids is 2. The first-order chi connectivity index (χ1) is 19.3. The van der Waals surface area contributed by atoms with Crippen molar-refractivity contribution in [3.05, 3.63) is 106 Å². The van der Waals surface area contributed by atoms with Crippen molar-refractivity contribution in [1.82, 2.24) is 20.1 Å². The zero-order valence-corrected chi connectivity index (χ0v) is 23.1. The van der Waals surface area contributed by atoms with Crippen LogP contribution in [-0.4, -0.2) is 33.6 Å². The fourth-order valence-corrected chi connectivity index (χ4v) is 6.52. The topological polar surface area (TPSA) is 98.2 Å². The number of hydrogen-bond donors (Lipinski definition) is 2. The van der Waals surface area contributed by atoms with Crippen LogP contribution in [0.3, 0.4) is 0 Å². The lowest BCUT2D eigenvalue weighted by molar-refractivity contribution is -0.141. The predicted octanol–water partition coefficient (Wildman–Crippen LogP) is 5.19. The number of para-hydroxylation sites is 1. The molecule has 2 aliphatic rings. The summed E-state index contributed by atoms with van der Waals surface area (Å²) in [7, 11) is 3.46. The van der Waals surface area contributed by atoms with Gasteiger partial charge >= 0.3 is 5.97 Å². The minimum absolute atomic E-state index is 0.00382. The summed E-state index contributed by atoms with van der Waals surface area (Å²) in [6, 6.07) is 17.6. The van der Waals surface area contributed by atoms with E-state index in [1.807, 2.05) is 81.7 Å². The molecule has 0 radical (unpaired) electrons. The Hall–Kier alpha value is -4.59. The van der Waals surface area contributed by atoms with Crippen LogP contribution >= 0.6 is 0 Å². The molecule has 2 aromatic heterocycles. The molecule has 2 atom stereocenters. The van der Waals surface area contributed by atoms with E-state index >= 15 is 0 Å². The van der Waals surface area contributed by atoms with Crippen molar-refractivity contribution < 1.29 is 19.1 Å². The Morgan fingerprint density at radius 3 is 2.73 bits per heavy atom. The molecule has 8 heteroatoms. The molecule has 4 aromatic rings. The largest absolute Gasteiger partial charge is 0.496 e. The standard InChI is InChI=1S/C32H32N4O4/c1-19-29(31(38)40-18-21-12-15-34-36(21)3)32(2,24-9-7-10-25-23(24)13-14-33-25)30-26(35-19)16-20(17-27(30)37)22-8-5-6-11-28(22)39-4/h5-15,20,33,35H,16-18H2,1-4H3/t20-,32?/m1/s1. The van der Waals surface area contributed by atoms with Gasteiger partial charge in [-0.2, -0.15) is 5.10 Å². The molecule has 1 aliphatic heterocycles. The lowest BCUT2D eigenvalue weighted by Crippen LogP contribution is -2.45. The Labute approximate surface area is 232 Å². The zero-order chi connectivity index (χ0) is 28.0. The molecule has 1 unspecified atom stereocenters. The lowest BCUT2D eigenvalue weighted by atomic mass is 9.62. The van der Waals surface area contributed by atoms with E-state index in [1.165, 1.54) is 0 Å². The van der Waals surface area contributed by atoms with E-state index in [4.69, 9.17) is 9.47 Å². The van der Waals surface area contributed by atoms with Crippen LogP contribution in [0.2, 0.25) is 0 Å². The monoisotopic (exact) mass is 536 g/mol. The normalized spacial score (nSPS) is 20.9. The molecule has 2 aromatic carbocycles. The number of allylic oxidation sites excluding steroid dienone is 3. The number of nitrogens with zero attached hydrogens (tertiary/aromatic N) is 2. The highest BCUT2D eigenvalue weighted by atomic mass is 16.5. The molecule has 3 heterocycles. The molecule has 2 N–H and O–H groups in total. The summed E-state index contributed by atoms with van der Waals surface area (Å²) in [6.45, 7) is 3.94. The third-order valence-electron chi connectivity index (χ3n) is 8.37. The number of aryl methyl sites for hydroxylation is 1. The summed E-state index contributed by atoms with van der Waals surface area (Å²) < 4.78 is 13.2. The van der Waals surface area contributed by atoms with Crippen LogP contribution in [0.1, 0.15) is 49.4 Å². The molecule has 0 fully saturated rings. The molecular weight excluding hydrogens is 504 g/mol. The first-order valence-electron chi connectivity index (χ1n) is 13.4. The number of aromatic nitrogens is 3. The van der Waals surface area contributed by atoms with Gasteiger partial charge in [0.25, 0.3) is 0 Å². The van der Waals surface area contributed by atoms with Crippen molar-refractivity contribution in [2.75, 3.05) is 7.11 Å². The second-order valence-electron chi connectivity index (χ2n) is 10.6. The summed E-state index contributed by atoms with van der Waals surface area (Å²) in [4.78, 5) is 31.4. The maximum absolute atomic E-state index is 14.2. The van der Waals surface area contributed by atoms with Crippen LogP contribution in [0.15, 0.2) is 89.5 Å². The summed E-state index contributed by atoms with van der Waals surface area (Å²) in [5.41, 5.74) is 5.14. The number of nitrogens with one attached hydrogen (secondary N) is 2. The number of ether oxygens (including phenoxy) is 2. The molecule has 1 aliphatic carbocycles. The number of carbonyl (C=O) groups is 2. The minimum Gasteiger partial charge on any atom is -0.496 e. The summed E-state index contributed by atoms with van der Waals surface area (Å²) in [6.07, 6.45) is 4.48. The first-order valence-corrected chi connectivity index (χ1v) is 13.4. The number of fused-ring (bicyclic) bond motifs is 1. The Morgan fingerprint density at radius 1 is 1.12 bits per heavy atom. The van der Waals surface area contributed by atoms with E-state index in [0.29, 0.717) is 29.7 Å². The number of dihydropyridines is 1. The van der Waals surface area contributed by atoms with Gasteiger partial charge in [0.05, 0.1) is 23.8 Å².